The highest BCUT2D eigenvalue weighted by molar-refractivity contribution is 6.00. The number of carbonyl (C=O) groups excluding carboxylic acids is 1. The zero-order valence-corrected chi connectivity index (χ0v) is 10.00. The van der Waals surface area contributed by atoms with Crippen LogP contribution in [-0.2, 0) is 9.59 Å². The quantitative estimate of drug-likeness (QED) is 0.593. The van der Waals surface area contributed by atoms with Crippen molar-refractivity contribution >= 4 is 23.5 Å². The number of aliphatic carboxylic acids is 1. The van der Waals surface area contributed by atoms with Crippen molar-refractivity contribution in [3.63, 3.8) is 0 Å². The highest BCUT2D eigenvalue weighted by atomic mass is 16.4. The van der Waals surface area contributed by atoms with Crippen molar-refractivity contribution < 1.29 is 24.6 Å². The summed E-state index contributed by atoms with van der Waals surface area (Å²) in [5.74, 6) is -2.82. The molecule has 0 saturated carbocycles. The summed E-state index contributed by atoms with van der Waals surface area (Å²) in [4.78, 5) is 33.0. The number of hydrogen-bond donors (Lipinski definition) is 4. The maximum absolute atomic E-state index is 11.6. The van der Waals surface area contributed by atoms with E-state index in [9.17, 15) is 14.4 Å². The van der Waals surface area contributed by atoms with Gasteiger partial charge in [0.05, 0.1) is 11.3 Å². The molecule has 1 rings (SSSR count). The molecule has 0 bridgehead atoms. The standard InChI is InChI=1S/C12H14N2O5/c13-8(12(18)19)5-6-10(15)14-9-4-2-1-3-7(9)11(16)17/h1-4,8H,5-6,13H2,(H,14,15)(H,16,17)(H,18,19). The van der Waals surface area contributed by atoms with Crippen LogP contribution >= 0.6 is 0 Å². The lowest BCUT2D eigenvalue weighted by Crippen LogP contribution is -2.31. The molecule has 5 N–H and O–H groups in total. The molecule has 1 amide bonds. The number of anilines is 1. The largest absolute Gasteiger partial charge is 0.480 e. The maximum Gasteiger partial charge on any atom is 0.337 e. The maximum atomic E-state index is 11.6. The molecule has 1 atom stereocenters. The second-order valence-electron chi connectivity index (χ2n) is 3.88. The summed E-state index contributed by atoms with van der Waals surface area (Å²) >= 11 is 0. The number of para-hydroxylation sites is 1. The van der Waals surface area contributed by atoms with E-state index >= 15 is 0 Å². The first-order valence-electron chi connectivity index (χ1n) is 5.52. The molecule has 0 aliphatic rings. The molecule has 0 heterocycles. The fourth-order valence-corrected chi connectivity index (χ4v) is 1.40. The lowest BCUT2D eigenvalue weighted by atomic mass is 10.1. The summed E-state index contributed by atoms with van der Waals surface area (Å²) in [5.41, 5.74) is 5.40. The number of carboxylic acid groups (broad SMARTS) is 2. The molecule has 7 heteroatoms. The van der Waals surface area contributed by atoms with Gasteiger partial charge in [0.15, 0.2) is 0 Å². The summed E-state index contributed by atoms with van der Waals surface area (Å²) < 4.78 is 0. The Morgan fingerprint density at radius 2 is 1.84 bits per heavy atom. The van der Waals surface area contributed by atoms with Gasteiger partial charge in [0.25, 0.3) is 0 Å². The minimum absolute atomic E-state index is 0.0175. The van der Waals surface area contributed by atoms with Gasteiger partial charge in [-0.15, -0.1) is 0 Å². The molecule has 0 fully saturated rings. The number of hydrogen-bond acceptors (Lipinski definition) is 4. The Morgan fingerprint density at radius 1 is 1.21 bits per heavy atom. The molecule has 0 aliphatic heterocycles. The Hall–Kier alpha value is -2.41. The van der Waals surface area contributed by atoms with Crippen molar-refractivity contribution in [3.05, 3.63) is 29.8 Å². The molecule has 7 nitrogen and oxygen atoms in total. The fraction of sp³-hybridized carbons (Fsp3) is 0.250. The van der Waals surface area contributed by atoms with E-state index in [2.05, 4.69) is 5.32 Å². The van der Waals surface area contributed by atoms with Gasteiger partial charge in [-0.25, -0.2) is 4.79 Å². The molecule has 102 valence electrons. The van der Waals surface area contributed by atoms with Crippen LogP contribution in [0, 0.1) is 0 Å². The predicted molar refractivity (Wildman–Crippen MR) is 66.9 cm³/mol. The second kappa shape index (κ2) is 6.50. The van der Waals surface area contributed by atoms with Crippen LogP contribution in [0.4, 0.5) is 5.69 Å². The zero-order chi connectivity index (χ0) is 14.4. The third-order valence-electron chi connectivity index (χ3n) is 2.43. The van der Waals surface area contributed by atoms with Crippen LogP contribution in [0.15, 0.2) is 24.3 Å². The summed E-state index contributed by atoms with van der Waals surface area (Å²) in [5, 5.41) is 19.9. The molecule has 0 aromatic heterocycles. The average Bonchev–Trinajstić information content (AvgIpc) is 2.36. The van der Waals surface area contributed by atoms with Gasteiger partial charge < -0.3 is 21.3 Å². The molecule has 0 radical (unpaired) electrons. The summed E-state index contributed by atoms with van der Waals surface area (Å²) in [7, 11) is 0. The zero-order valence-electron chi connectivity index (χ0n) is 10.00. The van der Waals surface area contributed by atoms with Gasteiger partial charge in [0.2, 0.25) is 5.91 Å². The summed E-state index contributed by atoms with van der Waals surface area (Å²) in [6, 6.07) is 4.84. The smallest absolute Gasteiger partial charge is 0.337 e. The molecular formula is C12H14N2O5. The van der Waals surface area contributed by atoms with Crippen molar-refractivity contribution in [3.8, 4) is 0 Å². The Bertz CT molecular complexity index is 501. The number of carbonyl (C=O) groups is 3. The van der Waals surface area contributed by atoms with Gasteiger partial charge in [-0.1, -0.05) is 12.1 Å². The average molecular weight is 266 g/mol. The van der Waals surface area contributed by atoms with E-state index in [1.165, 1.54) is 12.1 Å². The van der Waals surface area contributed by atoms with E-state index in [0.29, 0.717) is 0 Å². The van der Waals surface area contributed by atoms with Gasteiger partial charge in [-0.3, -0.25) is 9.59 Å². The van der Waals surface area contributed by atoms with Crippen molar-refractivity contribution in [1.82, 2.24) is 0 Å². The SMILES string of the molecule is NC(CCC(=O)Nc1ccccc1C(=O)O)C(=O)O. The third-order valence-corrected chi connectivity index (χ3v) is 2.43. The summed E-state index contributed by atoms with van der Waals surface area (Å²) in [6.45, 7) is 0. The van der Waals surface area contributed by atoms with E-state index in [0.717, 1.165) is 0 Å². The number of nitrogens with two attached hydrogens (primary N) is 1. The molecule has 1 aromatic rings. The first-order valence-corrected chi connectivity index (χ1v) is 5.52. The number of rotatable bonds is 6. The topological polar surface area (TPSA) is 130 Å². The highest BCUT2D eigenvalue weighted by Gasteiger charge is 2.15. The van der Waals surface area contributed by atoms with Gasteiger partial charge in [-0.05, 0) is 18.6 Å². The number of benzene rings is 1. The van der Waals surface area contributed by atoms with Crippen LogP contribution < -0.4 is 11.1 Å². The number of nitrogens with one attached hydrogen (secondary N) is 1. The van der Waals surface area contributed by atoms with Crippen LogP contribution in [0.1, 0.15) is 23.2 Å². The summed E-state index contributed by atoms with van der Waals surface area (Å²) in [6.07, 6.45) is -0.113. The van der Waals surface area contributed by atoms with Crippen LogP contribution in [0.3, 0.4) is 0 Å². The highest BCUT2D eigenvalue weighted by Crippen LogP contribution is 2.15. The van der Waals surface area contributed by atoms with Gasteiger partial charge in [-0.2, -0.15) is 0 Å². The second-order valence-corrected chi connectivity index (χ2v) is 3.88. The first kappa shape index (κ1) is 14.7. The van der Waals surface area contributed by atoms with Crippen molar-refractivity contribution in [2.24, 2.45) is 5.73 Å². The van der Waals surface area contributed by atoms with Crippen molar-refractivity contribution in [1.29, 1.82) is 0 Å². The molecule has 1 aromatic carbocycles. The van der Waals surface area contributed by atoms with Gasteiger partial charge >= 0.3 is 11.9 Å². The Morgan fingerprint density at radius 3 is 2.42 bits per heavy atom. The molecule has 0 spiro atoms. The van der Waals surface area contributed by atoms with Crippen molar-refractivity contribution in [2.45, 2.75) is 18.9 Å². The monoisotopic (exact) mass is 266 g/mol. The van der Waals surface area contributed by atoms with Crippen LogP contribution in [0.2, 0.25) is 0 Å². The Labute approximate surface area is 109 Å². The van der Waals surface area contributed by atoms with Crippen LogP contribution in [-0.4, -0.2) is 34.1 Å². The lowest BCUT2D eigenvalue weighted by molar-refractivity contribution is -0.138. The van der Waals surface area contributed by atoms with E-state index in [-0.39, 0.29) is 24.1 Å². The fourth-order valence-electron chi connectivity index (χ4n) is 1.40. The number of amides is 1. The molecule has 1 unspecified atom stereocenters. The Balaban J connectivity index is 2.63. The minimum atomic E-state index is -1.18. The third kappa shape index (κ3) is 4.40. The van der Waals surface area contributed by atoms with E-state index in [1.807, 2.05) is 0 Å². The van der Waals surface area contributed by atoms with E-state index < -0.39 is 23.9 Å². The molecular weight excluding hydrogens is 252 g/mol. The van der Waals surface area contributed by atoms with Gasteiger partial charge in [0.1, 0.15) is 6.04 Å². The normalized spacial score (nSPS) is 11.6. The van der Waals surface area contributed by atoms with Crippen LogP contribution in [0.25, 0.3) is 0 Å². The predicted octanol–water partition coefficient (Wildman–Crippen LogP) is 0.515. The lowest BCUT2D eigenvalue weighted by Gasteiger charge is -2.09. The van der Waals surface area contributed by atoms with Gasteiger partial charge in [0, 0.05) is 6.42 Å². The van der Waals surface area contributed by atoms with E-state index in [4.69, 9.17) is 15.9 Å². The Kier molecular flexibility index (Phi) is 5.01. The minimum Gasteiger partial charge on any atom is -0.480 e. The molecule has 0 aliphatic carbocycles. The molecule has 0 saturated heterocycles. The molecule has 19 heavy (non-hydrogen) atoms. The van der Waals surface area contributed by atoms with E-state index in [1.54, 1.807) is 12.1 Å². The number of aromatic carboxylic acids is 1. The van der Waals surface area contributed by atoms with Crippen molar-refractivity contribution in [2.75, 3.05) is 5.32 Å². The first-order chi connectivity index (χ1) is 8.91. The van der Waals surface area contributed by atoms with Crippen LogP contribution in [0.5, 0.6) is 0 Å². The number of carboxylic acids is 2.